The zero-order chi connectivity index (χ0) is 17.5. The summed E-state index contributed by atoms with van der Waals surface area (Å²) in [5, 5.41) is 2.78. The van der Waals surface area contributed by atoms with Crippen LogP contribution in [0.1, 0.15) is 50.9 Å². The second kappa shape index (κ2) is 8.88. The van der Waals surface area contributed by atoms with Crippen molar-refractivity contribution in [3.05, 3.63) is 23.8 Å². The Labute approximate surface area is 138 Å². The summed E-state index contributed by atoms with van der Waals surface area (Å²) in [5.74, 6) is -0.0479. The average Bonchev–Trinajstić information content (AvgIpc) is 2.46. The maximum Gasteiger partial charge on any atom is 0.251 e. The van der Waals surface area contributed by atoms with Crippen LogP contribution in [0.4, 0.5) is 0 Å². The summed E-state index contributed by atoms with van der Waals surface area (Å²) in [6.45, 7) is 8.18. The number of amides is 1. The minimum atomic E-state index is -3.75. The third-order valence-corrected chi connectivity index (χ3v) is 4.68. The smallest absolute Gasteiger partial charge is 0.251 e. The van der Waals surface area contributed by atoms with Crippen LogP contribution in [0.5, 0.6) is 5.75 Å². The van der Waals surface area contributed by atoms with E-state index < -0.39 is 10.0 Å². The van der Waals surface area contributed by atoms with Crippen molar-refractivity contribution < 1.29 is 17.9 Å². The topological polar surface area (TPSA) is 84.5 Å². The molecular weight excluding hydrogens is 316 g/mol. The highest BCUT2D eigenvalue weighted by atomic mass is 32.2. The summed E-state index contributed by atoms with van der Waals surface area (Å²) < 4.78 is 32.8. The highest BCUT2D eigenvalue weighted by Crippen LogP contribution is 2.25. The maximum atomic E-state index is 12.5. The third-order valence-electron chi connectivity index (χ3n) is 3.00. The van der Waals surface area contributed by atoms with Crippen LogP contribution in [-0.4, -0.2) is 33.5 Å². The average molecular weight is 342 g/mol. The lowest BCUT2D eigenvalue weighted by Crippen LogP contribution is -2.31. The van der Waals surface area contributed by atoms with Crippen molar-refractivity contribution in [2.24, 2.45) is 0 Å². The lowest BCUT2D eigenvalue weighted by Gasteiger charge is -2.15. The first-order valence-electron chi connectivity index (χ1n) is 7.89. The van der Waals surface area contributed by atoms with Gasteiger partial charge in [-0.15, -0.1) is 0 Å². The van der Waals surface area contributed by atoms with Gasteiger partial charge in [0.25, 0.3) is 5.91 Å². The normalized spacial score (nSPS) is 11.5. The first-order chi connectivity index (χ1) is 10.8. The molecule has 0 bridgehead atoms. The van der Waals surface area contributed by atoms with Crippen LogP contribution in [0.25, 0.3) is 0 Å². The molecule has 0 spiro atoms. The Morgan fingerprint density at radius 2 is 1.96 bits per heavy atom. The molecule has 2 N–H and O–H groups in total. The summed E-state index contributed by atoms with van der Waals surface area (Å²) in [4.78, 5) is 12.1. The molecule has 6 nitrogen and oxygen atoms in total. The molecule has 0 unspecified atom stereocenters. The van der Waals surface area contributed by atoms with Gasteiger partial charge in [0.2, 0.25) is 10.0 Å². The van der Waals surface area contributed by atoms with Crippen molar-refractivity contribution in [3.63, 3.8) is 0 Å². The fraction of sp³-hybridized carbons (Fsp3) is 0.562. The molecule has 130 valence electrons. The van der Waals surface area contributed by atoms with Crippen LogP contribution < -0.4 is 14.8 Å². The van der Waals surface area contributed by atoms with Gasteiger partial charge in [-0.1, -0.05) is 13.3 Å². The van der Waals surface area contributed by atoms with Crippen LogP contribution in [0, 0.1) is 0 Å². The van der Waals surface area contributed by atoms with Crippen molar-refractivity contribution in [1.82, 2.24) is 10.0 Å². The summed E-state index contributed by atoms with van der Waals surface area (Å²) in [7, 11) is -3.75. The number of nitrogens with one attached hydrogen (secondary N) is 2. The van der Waals surface area contributed by atoms with Gasteiger partial charge in [-0.25, -0.2) is 13.1 Å². The van der Waals surface area contributed by atoms with Crippen LogP contribution >= 0.6 is 0 Å². The molecule has 0 heterocycles. The summed E-state index contributed by atoms with van der Waals surface area (Å²) >= 11 is 0. The van der Waals surface area contributed by atoms with Crippen molar-refractivity contribution in [2.45, 2.75) is 51.5 Å². The lowest BCUT2D eigenvalue weighted by molar-refractivity contribution is 0.0953. The largest absolute Gasteiger partial charge is 0.492 e. The Hall–Kier alpha value is -1.60. The second-order valence-corrected chi connectivity index (χ2v) is 7.16. The van der Waals surface area contributed by atoms with E-state index in [1.54, 1.807) is 26.8 Å². The summed E-state index contributed by atoms with van der Waals surface area (Å²) in [6, 6.07) is 4.20. The van der Waals surface area contributed by atoms with Gasteiger partial charge in [0.05, 0.1) is 6.61 Å². The Bertz CT molecular complexity index is 627. The van der Waals surface area contributed by atoms with Crippen LogP contribution in [0.3, 0.4) is 0 Å². The van der Waals surface area contributed by atoms with Gasteiger partial charge in [-0.05, 0) is 45.4 Å². The Morgan fingerprint density at radius 3 is 2.52 bits per heavy atom. The van der Waals surface area contributed by atoms with E-state index in [0.717, 1.165) is 12.8 Å². The number of benzene rings is 1. The minimum Gasteiger partial charge on any atom is -0.492 e. The fourth-order valence-electron chi connectivity index (χ4n) is 1.99. The molecule has 1 aromatic rings. The SMILES string of the molecule is CCCCNC(=O)c1ccc(OCC)c(S(=O)(=O)NC(C)C)c1. The highest BCUT2D eigenvalue weighted by molar-refractivity contribution is 7.89. The molecule has 0 atom stereocenters. The van der Waals surface area contributed by atoms with Crippen molar-refractivity contribution in [2.75, 3.05) is 13.2 Å². The molecule has 0 aliphatic carbocycles. The van der Waals surface area contributed by atoms with E-state index in [2.05, 4.69) is 10.0 Å². The number of rotatable bonds is 9. The quantitative estimate of drug-likeness (QED) is 0.675. The van der Waals surface area contributed by atoms with E-state index in [1.807, 2.05) is 6.92 Å². The van der Waals surface area contributed by atoms with Gasteiger partial charge in [0.15, 0.2) is 0 Å². The van der Waals surface area contributed by atoms with Crippen molar-refractivity contribution in [1.29, 1.82) is 0 Å². The molecule has 1 rings (SSSR count). The molecule has 0 aliphatic heterocycles. The number of ether oxygens (including phenoxy) is 1. The van der Waals surface area contributed by atoms with Gasteiger partial charge in [-0.2, -0.15) is 0 Å². The Morgan fingerprint density at radius 1 is 1.26 bits per heavy atom. The fourth-order valence-corrected chi connectivity index (χ4v) is 3.41. The number of hydrogen-bond acceptors (Lipinski definition) is 4. The number of carbonyl (C=O) groups is 1. The van der Waals surface area contributed by atoms with E-state index >= 15 is 0 Å². The van der Waals surface area contributed by atoms with E-state index in [0.29, 0.717) is 18.7 Å². The number of unbranched alkanes of at least 4 members (excludes halogenated alkanes) is 1. The van der Waals surface area contributed by atoms with E-state index in [1.165, 1.54) is 12.1 Å². The maximum absolute atomic E-state index is 12.5. The molecule has 0 aliphatic rings. The van der Waals surface area contributed by atoms with Crippen LogP contribution in [0.15, 0.2) is 23.1 Å². The standard InChI is InChI=1S/C16H26N2O4S/c1-5-7-10-17-16(19)13-8-9-14(22-6-2)15(11-13)23(20,21)18-12(3)4/h8-9,11-12,18H,5-7,10H2,1-4H3,(H,17,19). The molecule has 0 fully saturated rings. The highest BCUT2D eigenvalue weighted by Gasteiger charge is 2.22. The molecule has 1 aromatic carbocycles. The van der Waals surface area contributed by atoms with Gasteiger partial charge >= 0.3 is 0 Å². The van der Waals surface area contributed by atoms with E-state index in [9.17, 15) is 13.2 Å². The Balaban J connectivity index is 3.15. The number of sulfonamides is 1. The first-order valence-corrected chi connectivity index (χ1v) is 9.37. The van der Waals surface area contributed by atoms with Gasteiger partial charge < -0.3 is 10.1 Å². The van der Waals surface area contributed by atoms with E-state index in [4.69, 9.17) is 4.74 Å². The molecule has 0 aromatic heterocycles. The monoisotopic (exact) mass is 342 g/mol. The van der Waals surface area contributed by atoms with Gasteiger partial charge in [0.1, 0.15) is 10.6 Å². The van der Waals surface area contributed by atoms with Crippen molar-refractivity contribution >= 4 is 15.9 Å². The van der Waals surface area contributed by atoms with Gasteiger partial charge in [0, 0.05) is 18.2 Å². The van der Waals surface area contributed by atoms with E-state index in [-0.39, 0.29) is 22.6 Å². The molecule has 0 radical (unpaired) electrons. The zero-order valence-corrected chi connectivity index (χ0v) is 15.0. The number of hydrogen-bond donors (Lipinski definition) is 2. The zero-order valence-electron chi connectivity index (χ0n) is 14.2. The summed E-state index contributed by atoms with van der Waals surface area (Å²) in [6.07, 6.45) is 1.85. The Kier molecular flexibility index (Phi) is 7.51. The van der Waals surface area contributed by atoms with Crippen LogP contribution in [0.2, 0.25) is 0 Å². The molecular formula is C16H26N2O4S. The summed E-state index contributed by atoms with van der Waals surface area (Å²) in [5.41, 5.74) is 0.300. The third kappa shape index (κ3) is 5.84. The molecule has 7 heteroatoms. The molecule has 0 saturated carbocycles. The van der Waals surface area contributed by atoms with Gasteiger partial charge in [-0.3, -0.25) is 4.79 Å². The van der Waals surface area contributed by atoms with Crippen molar-refractivity contribution in [3.8, 4) is 5.75 Å². The minimum absolute atomic E-state index is 0.0174. The lowest BCUT2D eigenvalue weighted by atomic mass is 10.2. The molecule has 0 saturated heterocycles. The first kappa shape index (κ1) is 19.4. The predicted octanol–water partition coefficient (Wildman–Crippen LogP) is 2.30. The second-order valence-electron chi connectivity index (χ2n) is 5.48. The predicted molar refractivity (Wildman–Crippen MR) is 90.3 cm³/mol. The molecule has 23 heavy (non-hydrogen) atoms. The van der Waals surface area contributed by atoms with Crippen LogP contribution in [-0.2, 0) is 10.0 Å². The number of carbonyl (C=O) groups excluding carboxylic acids is 1. The molecule has 1 amide bonds.